The van der Waals surface area contributed by atoms with E-state index >= 15 is 0 Å². The average Bonchev–Trinajstić information content (AvgIpc) is 2.43. The summed E-state index contributed by atoms with van der Waals surface area (Å²) in [5.74, 6) is 1.37. The lowest BCUT2D eigenvalue weighted by Gasteiger charge is -2.11. The van der Waals surface area contributed by atoms with Crippen LogP contribution in [0, 0.1) is 13.8 Å². The van der Waals surface area contributed by atoms with E-state index in [0.29, 0.717) is 11.6 Å². The van der Waals surface area contributed by atoms with E-state index in [9.17, 15) is 0 Å². The Morgan fingerprint density at radius 2 is 1.75 bits per heavy atom. The van der Waals surface area contributed by atoms with Gasteiger partial charge in [-0.25, -0.2) is 4.98 Å². The second kappa shape index (κ2) is 4.85. The SMILES string of the molecule is Cc1ccc(N)cc1Oc1nc2ccccc2cc1C. The van der Waals surface area contributed by atoms with E-state index in [0.717, 1.165) is 27.8 Å². The molecule has 0 atom stereocenters. The topological polar surface area (TPSA) is 48.1 Å². The Hall–Kier alpha value is -2.55. The molecule has 0 aliphatic carbocycles. The van der Waals surface area contributed by atoms with Gasteiger partial charge in [-0.05, 0) is 37.6 Å². The number of anilines is 1. The first-order valence-electron chi connectivity index (χ1n) is 6.54. The Kier molecular flexibility index (Phi) is 3.03. The van der Waals surface area contributed by atoms with Crippen LogP contribution in [0.2, 0.25) is 0 Å². The molecule has 0 bridgehead atoms. The summed E-state index contributed by atoms with van der Waals surface area (Å²) in [6.45, 7) is 3.99. The molecule has 2 aromatic carbocycles. The van der Waals surface area contributed by atoms with E-state index in [1.54, 1.807) is 0 Å². The Morgan fingerprint density at radius 3 is 2.60 bits per heavy atom. The molecule has 0 saturated carbocycles. The highest BCUT2D eigenvalue weighted by atomic mass is 16.5. The molecule has 0 radical (unpaired) electrons. The third-order valence-corrected chi connectivity index (χ3v) is 3.29. The fraction of sp³-hybridized carbons (Fsp3) is 0.118. The van der Waals surface area contributed by atoms with Crippen molar-refractivity contribution in [3.63, 3.8) is 0 Å². The van der Waals surface area contributed by atoms with E-state index in [1.807, 2.05) is 56.3 Å². The summed E-state index contributed by atoms with van der Waals surface area (Å²) < 4.78 is 5.94. The van der Waals surface area contributed by atoms with Crippen LogP contribution in [-0.4, -0.2) is 4.98 Å². The molecule has 3 nitrogen and oxygen atoms in total. The van der Waals surface area contributed by atoms with Gasteiger partial charge in [-0.15, -0.1) is 0 Å². The Balaban J connectivity index is 2.06. The summed E-state index contributed by atoms with van der Waals surface area (Å²) in [7, 11) is 0. The quantitative estimate of drug-likeness (QED) is 0.705. The summed E-state index contributed by atoms with van der Waals surface area (Å²) in [5.41, 5.74) is 9.46. The molecule has 0 aliphatic rings. The highest BCUT2D eigenvalue weighted by Crippen LogP contribution is 2.29. The number of para-hydroxylation sites is 1. The van der Waals surface area contributed by atoms with Crippen molar-refractivity contribution in [2.45, 2.75) is 13.8 Å². The number of fused-ring (bicyclic) bond motifs is 1. The molecule has 100 valence electrons. The number of rotatable bonds is 2. The third-order valence-electron chi connectivity index (χ3n) is 3.29. The number of nitrogens with two attached hydrogens (primary N) is 1. The lowest BCUT2D eigenvalue weighted by atomic mass is 10.1. The van der Waals surface area contributed by atoms with Crippen LogP contribution in [0.1, 0.15) is 11.1 Å². The van der Waals surface area contributed by atoms with Gasteiger partial charge in [0.25, 0.3) is 0 Å². The van der Waals surface area contributed by atoms with Crippen LogP contribution in [0.4, 0.5) is 5.69 Å². The van der Waals surface area contributed by atoms with Crippen LogP contribution in [0.3, 0.4) is 0 Å². The number of hydrogen-bond acceptors (Lipinski definition) is 3. The molecule has 0 saturated heterocycles. The summed E-state index contributed by atoms with van der Waals surface area (Å²) in [6.07, 6.45) is 0. The monoisotopic (exact) mass is 264 g/mol. The summed E-state index contributed by atoms with van der Waals surface area (Å²) >= 11 is 0. The minimum Gasteiger partial charge on any atom is -0.438 e. The molecular formula is C17H16N2O. The fourth-order valence-electron chi connectivity index (χ4n) is 2.14. The molecule has 2 N–H and O–H groups in total. The normalized spacial score (nSPS) is 10.7. The smallest absolute Gasteiger partial charge is 0.222 e. The molecular weight excluding hydrogens is 248 g/mol. The van der Waals surface area contributed by atoms with Crippen LogP contribution in [0.5, 0.6) is 11.6 Å². The van der Waals surface area contributed by atoms with Crippen molar-refractivity contribution >= 4 is 16.6 Å². The van der Waals surface area contributed by atoms with Crippen molar-refractivity contribution in [2.75, 3.05) is 5.73 Å². The molecule has 3 heteroatoms. The summed E-state index contributed by atoms with van der Waals surface area (Å²) in [4.78, 5) is 4.58. The van der Waals surface area contributed by atoms with E-state index < -0.39 is 0 Å². The molecule has 3 rings (SSSR count). The Morgan fingerprint density at radius 1 is 0.950 bits per heavy atom. The fourth-order valence-corrected chi connectivity index (χ4v) is 2.14. The van der Waals surface area contributed by atoms with Gasteiger partial charge in [-0.1, -0.05) is 24.3 Å². The van der Waals surface area contributed by atoms with Crippen molar-refractivity contribution in [3.05, 3.63) is 59.7 Å². The van der Waals surface area contributed by atoms with Gasteiger partial charge in [-0.2, -0.15) is 0 Å². The van der Waals surface area contributed by atoms with Crippen LogP contribution >= 0.6 is 0 Å². The van der Waals surface area contributed by atoms with Gasteiger partial charge in [0.05, 0.1) is 5.52 Å². The first-order valence-corrected chi connectivity index (χ1v) is 6.54. The van der Waals surface area contributed by atoms with Crippen LogP contribution < -0.4 is 10.5 Å². The van der Waals surface area contributed by atoms with E-state index in [1.165, 1.54) is 0 Å². The standard InChI is InChI=1S/C17H16N2O/c1-11-7-8-14(18)10-16(11)20-17-12(2)9-13-5-3-4-6-15(13)19-17/h3-10H,18H2,1-2H3. The lowest BCUT2D eigenvalue weighted by molar-refractivity contribution is 0.458. The van der Waals surface area contributed by atoms with Gasteiger partial charge in [0.1, 0.15) is 5.75 Å². The number of benzene rings is 2. The van der Waals surface area contributed by atoms with E-state index in [2.05, 4.69) is 11.1 Å². The zero-order chi connectivity index (χ0) is 14.1. The van der Waals surface area contributed by atoms with E-state index in [4.69, 9.17) is 10.5 Å². The first kappa shape index (κ1) is 12.5. The van der Waals surface area contributed by atoms with Crippen molar-refractivity contribution in [1.29, 1.82) is 0 Å². The van der Waals surface area contributed by atoms with Crippen molar-refractivity contribution in [2.24, 2.45) is 0 Å². The lowest BCUT2D eigenvalue weighted by Crippen LogP contribution is -1.95. The van der Waals surface area contributed by atoms with Crippen LogP contribution in [0.25, 0.3) is 10.9 Å². The van der Waals surface area contributed by atoms with Crippen LogP contribution in [0.15, 0.2) is 48.5 Å². The van der Waals surface area contributed by atoms with Gasteiger partial charge in [0.2, 0.25) is 5.88 Å². The number of aryl methyl sites for hydroxylation is 2. The average molecular weight is 264 g/mol. The maximum Gasteiger partial charge on any atom is 0.222 e. The highest BCUT2D eigenvalue weighted by Gasteiger charge is 2.08. The summed E-state index contributed by atoms with van der Waals surface area (Å²) in [5, 5.41) is 1.11. The minimum absolute atomic E-state index is 0.623. The van der Waals surface area contributed by atoms with Gasteiger partial charge in [0.15, 0.2) is 0 Å². The molecule has 0 fully saturated rings. The predicted molar refractivity (Wildman–Crippen MR) is 82.1 cm³/mol. The van der Waals surface area contributed by atoms with Crippen molar-refractivity contribution in [3.8, 4) is 11.6 Å². The third kappa shape index (κ3) is 2.30. The second-order valence-electron chi connectivity index (χ2n) is 4.93. The van der Waals surface area contributed by atoms with E-state index in [-0.39, 0.29) is 0 Å². The molecule has 0 amide bonds. The molecule has 0 aliphatic heterocycles. The van der Waals surface area contributed by atoms with Crippen molar-refractivity contribution < 1.29 is 4.74 Å². The maximum atomic E-state index is 5.94. The number of aromatic nitrogens is 1. The maximum absolute atomic E-state index is 5.94. The largest absolute Gasteiger partial charge is 0.438 e. The van der Waals surface area contributed by atoms with Crippen molar-refractivity contribution in [1.82, 2.24) is 4.98 Å². The van der Waals surface area contributed by atoms with Gasteiger partial charge >= 0.3 is 0 Å². The zero-order valence-electron chi connectivity index (χ0n) is 11.6. The van der Waals surface area contributed by atoms with Crippen LogP contribution in [-0.2, 0) is 0 Å². The zero-order valence-corrected chi connectivity index (χ0v) is 11.6. The molecule has 0 spiro atoms. The first-order chi connectivity index (χ1) is 9.63. The molecule has 3 aromatic rings. The summed E-state index contributed by atoms with van der Waals surface area (Å²) in [6, 6.07) is 15.7. The van der Waals surface area contributed by atoms with Gasteiger partial charge in [-0.3, -0.25) is 0 Å². The number of nitrogen functional groups attached to an aromatic ring is 1. The highest BCUT2D eigenvalue weighted by molar-refractivity contribution is 5.80. The number of hydrogen-bond donors (Lipinski definition) is 1. The molecule has 0 unspecified atom stereocenters. The molecule has 1 aromatic heterocycles. The second-order valence-corrected chi connectivity index (χ2v) is 4.93. The van der Waals surface area contributed by atoms with Gasteiger partial charge < -0.3 is 10.5 Å². The van der Waals surface area contributed by atoms with Gasteiger partial charge in [0, 0.05) is 22.7 Å². The number of nitrogens with zero attached hydrogens (tertiary/aromatic N) is 1. The molecule has 20 heavy (non-hydrogen) atoms. The Labute approximate surface area is 118 Å². The number of pyridine rings is 1. The Bertz CT molecular complexity index is 781. The molecule has 1 heterocycles. The minimum atomic E-state index is 0.623. The number of ether oxygens (including phenoxy) is 1. The predicted octanol–water partition coefficient (Wildman–Crippen LogP) is 4.23.